The molecule has 0 saturated heterocycles. The second-order valence-electron chi connectivity index (χ2n) is 16.5. The van der Waals surface area contributed by atoms with Crippen LogP contribution in [0.15, 0.2) is 78.9 Å². The molecule has 0 saturated carbocycles. The van der Waals surface area contributed by atoms with Crippen molar-refractivity contribution in [3.8, 4) is 28.4 Å². The van der Waals surface area contributed by atoms with Crippen LogP contribution in [0.5, 0.6) is 17.2 Å². The van der Waals surface area contributed by atoms with Crippen molar-refractivity contribution in [3.63, 3.8) is 0 Å². The van der Waals surface area contributed by atoms with Gasteiger partial charge in [-0.05, 0) is 63.1 Å². The number of ether oxygens (including phenoxy) is 1. The molecule has 0 radical (unpaired) electrons. The third-order valence-electron chi connectivity index (χ3n) is 8.43. The second kappa shape index (κ2) is 11.9. The van der Waals surface area contributed by atoms with Crippen molar-refractivity contribution in [1.29, 1.82) is 0 Å². The molecule has 5 rings (SSSR count). The maximum Gasteiger partial charge on any atom is 0.343 e. The SMILES string of the molecule is CC(C)(C)c1ccc(OC(=O)c2cc(C(C)(C)C)c(OP3Oc4ccccc4-c4ccccc43)c(C(C)(C)C)c2)c(C(C)(C)C)c1. The van der Waals surface area contributed by atoms with Crippen LogP contribution in [0.3, 0.4) is 0 Å². The molecule has 4 aromatic rings. The molecule has 1 heterocycles. The highest BCUT2D eigenvalue weighted by atomic mass is 31.2. The van der Waals surface area contributed by atoms with Gasteiger partial charge >= 0.3 is 14.3 Å². The van der Waals surface area contributed by atoms with Gasteiger partial charge in [-0.3, -0.25) is 0 Å². The van der Waals surface area contributed by atoms with Gasteiger partial charge in [0.1, 0.15) is 17.2 Å². The van der Waals surface area contributed by atoms with E-state index < -0.39 is 8.38 Å². The van der Waals surface area contributed by atoms with E-state index in [0.717, 1.165) is 44.6 Å². The normalized spacial score (nSPS) is 15.0. The standard InChI is InChI=1S/C41H49O4P/c1-38(2,3)27-21-22-34(30(25-27)39(4,5)6)43-37(42)26-23-31(40(7,8)9)36(32(24-26)41(10,11)12)45-46-35-20-16-14-18-29(35)28-17-13-15-19-33(28)44-46/h13-25H,1-12H3. The molecule has 46 heavy (non-hydrogen) atoms. The average Bonchev–Trinajstić information content (AvgIpc) is 2.95. The predicted molar refractivity (Wildman–Crippen MR) is 192 cm³/mol. The highest BCUT2D eigenvalue weighted by Gasteiger charge is 2.35. The summed E-state index contributed by atoms with van der Waals surface area (Å²) < 4.78 is 19.8. The predicted octanol–water partition coefficient (Wildman–Crippen LogP) is 11.2. The zero-order chi connectivity index (χ0) is 33.8. The Kier molecular flexibility index (Phi) is 8.71. The van der Waals surface area contributed by atoms with Gasteiger partial charge in [-0.15, -0.1) is 0 Å². The number of para-hydroxylation sites is 1. The Morgan fingerprint density at radius 3 is 1.72 bits per heavy atom. The van der Waals surface area contributed by atoms with E-state index in [9.17, 15) is 4.79 Å². The highest BCUT2D eigenvalue weighted by Crippen LogP contribution is 2.53. The molecule has 0 N–H and O–H groups in total. The Bertz CT molecular complexity index is 1740. The zero-order valence-corrected chi connectivity index (χ0v) is 30.5. The van der Waals surface area contributed by atoms with Crippen molar-refractivity contribution >= 4 is 19.6 Å². The first kappa shape index (κ1) is 33.7. The van der Waals surface area contributed by atoms with Gasteiger partial charge in [0.05, 0.1) is 10.9 Å². The topological polar surface area (TPSA) is 44.8 Å². The second-order valence-corrected chi connectivity index (χ2v) is 17.8. The largest absolute Gasteiger partial charge is 0.435 e. The lowest BCUT2D eigenvalue weighted by atomic mass is 9.78. The van der Waals surface area contributed by atoms with Gasteiger partial charge in [-0.2, -0.15) is 0 Å². The molecule has 0 amide bonds. The van der Waals surface area contributed by atoms with E-state index in [1.807, 2.05) is 42.5 Å². The molecule has 0 aliphatic carbocycles. The van der Waals surface area contributed by atoms with Crippen LogP contribution in [-0.4, -0.2) is 5.97 Å². The number of esters is 1. The van der Waals surface area contributed by atoms with E-state index in [2.05, 4.69) is 119 Å². The molecule has 0 bridgehead atoms. The maximum atomic E-state index is 14.1. The lowest BCUT2D eigenvalue weighted by molar-refractivity contribution is 0.0731. The van der Waals surface area contributed by atoms with Crippen LogP contribution in [0.2, 0.25) is 0 Å². The lowest BCUT2D eigenvalue weighted by Gasteiger charge is -2.33. The average molecular weight is 637 g/mol. The van der Waals surface area contributed by atoms with Gasteiger partial charge in [0, 0.05) is 22.3 Å². The van der Waals surface area contributed by atoms with Crippen molar-refractivity contribution in [2.24, 2.45) is 0 Å². The molecular weight excluding hydrogens is 587 g/mol. The van der Waals surface area contributed by atoms with E-state index in [4.69, 9.17) is 13.8 Å². The first-order valence-corrected chi connectivity index (χ1v) is 17.3. The fraction of sp³-hybridized carbons (Fsp3) is 0.390. The van der Waals surface area contributed by atoms with E-state index in [1.54, 1.807) is 0 Å². The summed E-state index contributed by atoms with van der Waals surface area (Å²) in [5.74, 6) is 1.79. The van der Waals surface area contributed by atoms with Crippen molar-refractivity contribution in [1.82, 2.24) is 0 Å². The van der Waals surface area contributed by atoms with Crippen molar-refractivity contribution < 1.29 is 18.6 Å². The summed E-state index contributed by atoms with van der Waals surface area (Å²) in [7, 11) is -1.49. The smallest absolute Gasteiger partial charge is 0.343 e. The number of fused-ring (bicyclic) bond motifs is 3. The summed E-state index contributed by atoms with van der Waals surface area (Å²) >= 11 is 0. The van der Waals surface area contributed by atoms with Gasteiger partial charge < -0.3 is 13.8 Å². The molecule has 4 nitrogen and oxygen atoms in total. The summed E-state index contributed by atoms with van der Waals surface area (Å²) in [6.07, 6.45) is 0. The Morgan fingerprint density at radius 2 is 1.15 bits per heavy atom. The minimum atomic E-state index is -1.49. The van der Waals surface area contributed by atoms with Crippen LogP contribution in [0.1, 0.15) is 116 Å². The Labute approximate surface area is 277 Å². The number of benzene rings is 4. The maximum absolute atomic E-state index is 14.1. The van der Waals surface area contributed by atoms with Crippen molar-refractivity contribution in [2.75, 3.05) is 0 Å². The van der Waals surface area contributed by atoms with Gasteiger partial charge in [0.15, 0.2) is 0 Å². The Morgan fingerprint density at radius 1 is 0.609 bits per heavy atom. The molecule has 0 fully saturated rings. The van der Waals surface area contributed by atoms with E-state index in [0.29, 0.717) is 11.3 Å². The molecule has 1 unspecified atom stereocenters. The summed E-state index contributed by atoms with van der Waals surface area (Å²) in [6.45, 7) is 26.0. The van der Waals surface area contributed by atoms with Crippen LogP contribution in [0, 0.1) is 0 Å². The van der Waals surface area contributed by atoms with E-state index in [-0.39, 0.29) is 27.6 Å². The first-order valence-electron chi connectivity index (χ1n) is 16.2. The summed E-state index contributed by atoms with van der Waals surface area (Å²) in [5.41, 5.74) is 5.89. The number of rotatable bonds is 4. The van der Waals surface area contributed by atoms with Gasteiger partial charge in [-0.25, -0.2) is 4.79 Å². The fourth-order valence-corrected chi connectivity index (χ4v) is 7.24. The van der Waals surface area contributed by atoms with Crippen LogP contribution in [-0.2, 0) is 21.7 Å². The minimum absolute atomic E-state index is 0.0201. The van der Waals surface area contributed by atoms with Crippen LogP contribution in [0.4, 0.5) is 0 Å². The van der Waals surface area contributed by atoms with E-state index in [1.165, 1.54) is 5.56 Å². The number of hydrogen-bond acceptors (Lipinski definition) is 4. The summed E-state index contributed by atoms with van der Waals surface area (Å²) in [6, 6.07) is 26.5. The Hall–Kier alpha value is -3.62. The molecule has 5 heteroatoms. The van der Waals surface area contributed by atoms with Crippen LogP contribution < -0.4 is 19.1 Å². The fourth-order valence-electron chi connectivity index (χ4n) is 5.71. The lowest BCUT2D eigenvalue weighted by Crippen LogP contribution is -2.24. The summed E-state index contributed by atoms with van der Waals surface area (Å²) in [5, 5.41) is 1.04. The van der Waals surface area contributed by atoms with E-state index >= 15 is 0 Å². The minimum Gasteiger partial charge on any atom is -0.435 e. The third-order valence-corrected chi connectivity index (χ3v) is 9.92. The van der Waals surface area contributed by atoms with Gasteiger partial charge in [0.2, 0.25) is 0 Å². The molecule has 4 aromatic carbocycles. The van der Waals surface area contributed by atoms with Crippen LogP contribution in [0.25, 0.3) is 11.1 Å². The molecule has 1 aliphatic rings. The monoisotopic (exact) mass is 636 g/mol. The quantitative estimate of drug-likeness (QED) is 0.127. The molecule has 0 spiro atoms. The van der Waals surface area contributed by atoms with Gasteiger partial charge in [0.25, 0.3) is 0 Å². The highest BCUT2D eigenvalue weighted by molar-refractivity contribution is 7.57. The van der Waals surface area contributed by atoms with Crippen LogP contribution >= 0.6 is 8.38 Å². The van der Waals surface area contributed by atoms with Crippen molar-refractivity contribution in [3.05, 3.63) is 107 Å². The first-order chi connectivity index (χ1) is 21.2. The molecular formula is C41H49O4P. The molecule has 1 atom stereocenters. The summed E-state index contributed by atoms with van der Waals surface area (Å²) in [4.78, 5) is 14.1. The molecule has 1 aliphatic heterocycles. The van der Waals surface area contributed by atoms with Crippen molar-refractivity contribution in [2.45, 2.75) is 105 Å². The number of carbonyl (C=O) groups excluding carboxylic acids is 1. The Balaban J connectivity index is 1.60. The third kappa shape index (κ3) is 6.88. The number of carbonyl (C=O) groups is 1. The number of hydrogen-bond donors (Lipinski definition) is 0. The molecule has 242 valence electrons. The molecule has 0 aromatic heterocycles. The van der Waals surface area contributed by atoms with Gasteiger partial charge in [-0.1, -0.05) is 132 Å². The zero-order valence-electron chi connectivity index (χ0n) is 29.6.